The SMILES string of the molecule is O=C(OCC1c2ccccc2-c2ccccc21)N1CC(O)C2(CC2)C1. The lowest BCUT2D eigenvalue weighted by Gasteiger charge is -2.19. The van der Waals surface area contributed by atoms with Crippen LogP contribution in [-0.4, -0.2) is 41.9 Å². The van der Waals surface area contributed by atoms with E-state index in [1.807, 2.05) is 24.3 Å². The van der Waals surface area contributed by atoms with Crippen molar-refractivity contribution in [2.24, 2.45) is 5.41 Å². The van der Waals surface area contributed by atoms with E-state index in [2.05, 4.69) is 24.3 Å². The van der Waals surface area contributed by atoms with Crippen molar-refractivity contribution in [3.63, 3.8) is 0 Å². The average Bonchev–Trinajstić information content (AvgIpc) is 3.25. The van der Waals surface area contributed by atoms with Crippen molar-refractivity contribution < 1.29 is 14.6 Å². The van der Waals surface area contributed by atoms with E-state index >= 15 is 0 Å². The largest absolute Gasteiger partial charge is 0.448 e. The number of β-amino-alcohol motifs (C(OH)–C–C–N with tert-alkyl or cyclic N) is 1. The molecule has 5 rings (SSSR count). The number of aliphatic hydroxyl groups excluding tert-OH is 1. The highest BCUT2D eigenvalue weighted by molar-refractivity contribution is 5.79. The lowest BCUT2D eigenvalue weighted by atomic mass is 9.98. The summed E-state index contributed by atoms with van der Waals surface area (Å²) < 4.78 is 5.67. The Labute approximate surface area is 147 Å². The minimum atomic E-state index is -0.395. The molecular formula is C21H21NO3. The van der Waals surface area contributed by atoms with Gasteiger partial charge in [-0.2, -0.15) is 0 Å². The molecule has 1 N–H and O–H groups in total. The molecule has 2 aromatic carbocycles. The molecular weight excluding hydrogens is 314 g/mol. The number of aliphatic hydroxyl groups is 1. The van der Waals surface area contributed by atoms with Crippen molar-refractivity contribution in [3.8, 4) is 11.1 Å². The highest BCUT2D eigenvalue weighted by Gasteiger charge is 2.55. The van der Waals surface area contributed by atoms with Crippen LogP contribution < -0.4 is 0 Å². The van der Waals surface area contributed by atoms with Gasteiger partial charge in [-0.25, -0.2) is 4.79 Å². The van der Waals surface area contributed by atoms with Crippen LogP contribution in [0.25, 0.3) is 11.1 Å². The van der Waals surface area contributed by atoms with Crippen LogP contribution in [0.5, 0.6) is 0 Å². The molecule has 1 amide bonds. The van der Waals surface area contributed by atoms with Crippen molar-refractivity contribution in [3.05, 3.63) is 59.7 Å². The summed E-state index contributed by atoms with van der Waals surface area (Å²) in [6, 6.07) is 16.7. The number of carbonyl (C=O) groups excluding carboxylic acids is 1. The number of ether oxygens (including phenoxy) is 1. The zero-order chi connectivity index (χ0) is 17.0. The first-order valence-corrected chi connectivity index (χ1v) is 8.96. The number of carbonyl (C=O) groups is 1. The van der Waals surface area contributed by atoms with Crippen molar-refractivity contribution in [1.82, 2.24) is 4.90 Å². The number of benzene rings is 2. The van der Waals surface area contributed by atoms with Gasteiger partial charge in [0.15, 0.2) is 0 Å². The predicted molar refractivity (Wildman–Crippen MR) is 94.3 cm³/mol. The molecule has 2 fully saturated rings. The van der Waals surface area contributed by atoms with E-state index in [1.165, 1.54) is 22.3 Å². The molecule has 128 valence electrons. The van der Waals surface area contributed by atoms with Crippen LogP contribution in [0, 0.1) is 5.41 Å². The zero-order valence-electron chi connectivity index (χ0n) is 14.0. The number of rotatable bonds is 2. The minimum absolute atomic E-state index is 0.0361. The maximum atomic E-state index is 12.5. The summed E-state index contributed by atoms with van der Waals surface area (Å²) in [6.07, 6.45) is 1.33. The summed E-state index contributed by atoms with van der Waals surface area (Å²) >= 11 is 0. The van der Waals surface area contributed by atoms with Crippen LogP contribution in [0.2, 0.25) is 0 Å². The van der Waals surface area contributed by atoms with E-state index in [4.69, 9.17) is 4.74 Å². The molecule has 1 aliphatic heterocycles. The Kier molecular flexibility index (Phi) is 3.19. The third kappa shape index (κ3) is 2.28. The summed E-state index contributed by atoms with van der Waals surface area (Å²) in [4.78, 5) is 14.2. The standard InChI is InChI=1S/C21H21NO3/c23-19-11-22(13-21(19)9-10-21)20(24)25-12-18-16-7-3-1-5-14(16)15-6-2-4-8-17(15)18/h1-8,18-19,23H,9-13H2. The number of hydrogen-bond acceptors (Lipinski definition) is 3. The lowest BCUT2D eigenvalue weighted by Crippen LogP contribution is -2.31. The van der Waals surface area contributed by atoms with Gasteiger partial charge in [0.2, 0.25) is 0 Å². The van der Waals surface area contributed by atoms with Crippen LogP contribution in [0.1, 0.15) is 29.9 Å². The summed E-state index contributed by atoms with van der Waals surface area (Å²) in [6.45, 7) is 1.37. The van der Waals surface area contributed by atoms with Gasteiger partial charge in [0.25, 0.3) is 0 Å². The summed E-state index contributed by atoms with van der Waals surface area (Å²) in [5, 5.41) is 10.1. The Morgan fingerprint density at radius 1 is 1.08 bits per heavy atom. The van der Waals surface area contributed by atoms with Gasteiger partial charge in [-0.1, -0.05) is 48.5 Å². The van der Waals surface area contributed by atoms with Gasteiger partial charge in [-0.05, 0) is 35.1 Å². The molecule has 4 heteroatoms. The van der Waals surface area contributed by atoms with Gasteiger partial charge in [0.1, 0.15) is 6.61 Å². The quantitative estimate of drug-likeness (QED) is 0.915. The summed E-state index contributed by atoms with van der Waals surface area (Å²) in [5.74, 6) is 0.0822. The molecule has 3 aliphatic rings. The Balaban J connectivity index is 1.34. The number of likely N-dealkylation sites (tertiary alicyclic amines) is 1. The van der Waals surface area contributed by atoms with Gasteiger partial charge in [0, 0.05) is 17.9 Å². The molecule has 1 atom stereocenters. The summed E-state index contributed by atoms with van der Waals surface area (Å²) in [5.41, 5.74) is 4.86. The van der Waals surface area contributed by atoms with Gasteiger partial charge in [-0.15, -0.1) is 0 Å². The third-order valence-electron chi connectivity index (χ3n) is 6.09. The molecule has 25 heavy (non-hydrogen) atoms. The fourth-order valence-corrected chi connectivity index (χ4v) is 4.43. The molecule has 2 aliphatic carbocycles. The van der Waals surface area contributed by atoms with Gasteiger partial charge < -0.3 is 14.7 Å². The highest BCUT2D eigenvalue weighted by atomic mass is 16.6. The van der Waals surface area contributed by atoms with Crippen LogP contribution in [0.4, 0.5) is 4.79 Å². The van der Waals surface area contributed by atoms with Crippen molar-refractivity contribution >= 4 is 6.09 Å². The second-order valence-corrected chi connectivity index (χ2v) is 7.56. The lowest BCUT2D eigenvalue weighted by molar-refractivity contribution is 0.0995. The van der Waals surface area contributed by atoms with Crippen LogP contribution in [0.15, 0.2) is 48.5 Å². The Hall–Kier alpha value is -2.33. The van der Waals surface area contributed by atoms with Gasteiger partial charge >= 0.3 is 6.09 Å². The number of hydrogen-bond donors (Lipinski definition) is 1. The molecule has 4 nitrogen and oxygen atoms in total. The molecule has 2 aromatic rings. The van der Waals surface area contributed by atoms with Crippen LogP contribution in [-0.2, 0) is 4.74 Å². The Bertz CT molecular complexity index is 797. The zero-order valence-corrected chi connectivity index (χ0v) is 14.0. The second kappa shape index (κ2) is 5.33. The normalized spacial score (nSPS) is 22.8. The Morgan fingerprint density at radius 2 is 1.68 bits per heavy atom. The maximum Gasteiger partial charge on any atom is 0.409 e. The first kappa shape index (κ1) is 15.0. The summed E-state index contributed by atoms with van der Waals surface area (Å²) in [7, 11) is 0. The minimum Gasteiger partial charge on any atom is -0.448 e. The first-order valence-electron chi connectivity index (χ1n) is 8.96. The van der Waals surface area contributed by atoms with Crippen LogP contribution >= 0.6 is 0 Å². The van der Waals surface area contributed by atoms with Crippen molar-refractivity contribution in [1.29, 1.82) is 0 Å². The van der Waals surface area contributed by atoms with Crippen LogP contribution in [0.3, 0.4) is 0 Å². The van der Waals surface area contributed by atoms with E-state index in [0.29, 0.717) is 19.7 Å². The Morgan fingerprint density at radius 3 is 2.24 bits per heavy atom. The monoisotopic (exact) mass is 335 g/mol. The predicted octanol–water partition coefficient (Wildman–Crippen LogP) is 3.39. The molecule has 1 saturated heterocycles. The fraction of sp³-hybridized carbons (Fsp3) is 0.381. The molecule has 1 saturated carbocycles. The topological polar surface area (TPSA) is 49.8 Å². The van der Waals surface area contributed by atoms with E-state index in [1.54, 1.807) is 4.90 Å². The molecule has 1 spiro atoms. The van der Waals surface area contributed by atoms with E-state index in [0.717, 1.165) is 12.8 Å². The number of fused-ring (bicyclic) bond motifs is 3. The molecule has 1 unspecified atom stereocenters. The number of nitrogens with zero attached hydrogens (tertiary/aromatic N) is 1. The molecule has 0 aromatic heterocycles. The highest BCUT2D eigenvalue weighted by Crippen LogP contribution is 2.53. The molecule has 1 heterocycles. The van der Waals surface area contributed by atoms with Crippen molar-refractivity contribution in [2.75, 3.05) is 19.7 Å². The second-order valence-electron chi connectivity index (χ2n) is 7.56. The number of amides is 1. The van der Waals surface area contributed by atoms with Crippen molar-refractivity contribution in [2.45, 2.75) is 24.9 Å². The smallest absolute Gasteiger partial charge is 0.409 e. The average molecular weight is 335 g/mol. The van der Waals surface area contributed by atoms with E-state index in [9.17, 15) is 9.90 Å². The molecule has 0 bridgehead atoms. The van der Waals surface area contributed by atoms with Gasteiger partial charge in [0.05, 0.1) is 12.6 Å². The van der Waals surface area contributed by atoms with E-state index < -0.39 is 6.10 Å². The van der Waals surface area contributed by atoms with E-state index in [-0.39, 0.29) is 17.4 Å². The maximum absolute atomic E-state index is 12.5. The fourth-order valence-electron chi connectivity index (χ4n) is 4.43. The molecule has 0 radical (unpaired) electrons. The van der Waals surface area contributed by atoms with Gasteiger partial charge in [-0.3, -0.25) is 0 Å². The first-order chi connectivity index (χ1) is 12.2. The third-order valence-corrected chi connectivity index (χ3v) is 6.09.